The molecule has 1 amide bonds. The molecule has 4 heterocycles. The molecule has 3 aliphatic heterocycles. The van der Waals surface area contributed by atoms with Crippen LogP contribution in [0.4, 0.5) is 11.4 Å². The Morgan fingerprint density at radius 2 is 1.70 bits per heavy atom. The largest absolute Gasteiger partial charge is 0.486 e. The van der Waals surface area contributed by atoms with E-state index in [4.69, 9.17) is 9.47 Å². The minimum absolute atomic E-state index is 0.0156. The molecule has 0 unspecified atom stereocenters. The molecule has 1 saturated heterocycles. The van der Waals surface area contributed by atoms with Gasteiger partial charge in [0, 0.05) is 55.0 Å². The molecule has 1 saturated carbocycles. The Bertz CT molecular complexity index is 1710. The molecule has 43 heavy (non-hydrogen) atoms. The van der Waals surface area contributed by atoms with Gasteiger partial charge < -0.3 is 24.3 Å². The van der Waals surface area contributed by atoms with Crippen molar-refractivity contribution in [3.63, 3.8) is 0 Å². The lowest BCUT2D eigenvalue weighted by atomic mass is 9.83. The summed E-state index contributed by atoms with van der Waals surface area (Å²) in [6.45, 7) is 2.68. The van der Waals surface area contributed by atoms with E-state index in [1.807, 2.05) is 16.7 Å². The predicted octanol–water partition coefficient (Wildman–Crippen LogP) is 4.11. The maximum absolute atomic E-state index is 13.8. The number of hydrogen-bond donors (Lipinski definition) is 2. The molecular weight excluding hydrogens is 568 g/mol. The van der Waals surface area contributed by atoms with Crippen LogP contribution >= 0.6 is 0 Å². The fourth-order valence-corrected chi connectivity index (χ4v) is 8.12. The van der Waals surface area contributed by atoms with Crippen LogP contribution in [0.3, 0.4) is 0 Å². The summed E-state index contributed by atoms with van der Waals surface area (Å²) in [6, 6.07) is 15.4. The van der Waals surface area contributed by atoms with Gasteiger partial charge in [0.1, 0.15) is 13.2 Å². The number of nitrogens with one attached hydrogen (secondary N) is 2. The molecule has 3 aromatic rings. The van der Waals surface area contributed by atoms with Crippen molar-refractivity contribution in [2.24, 2.45) is 5.92 Å². The molecule has 2 atom stereocenters. The summed E-state index contributed by atoms with van der Waals surface area (Å²) in [5.41, 5.74) is 2.48. The predicted molar refractivity (Wildman–Crippen MR) is 163 cm³/mol. The Labute approximate surface area is 251 Å². The van der Waals surface area contributed by atoms with E-state index in [9.17, 15) is 18.0 Å². The van der Waals surface area contributed by atoms with Gasteiger partial charge in [0.05, 0.1) is 16.3 Å². The first-order valence-electron chi connectivity index (χ1n) is 15.2. The summed E-state index contributed by atoms with van der Waals surface area (Å²) in [5, 5.41) is 3.15. The van der Waals surface area contributed by atoms with Crippen LogP contribution in [0, 0.1) is 5.92 Å². The first-order valence-corrected chi connectivity index (χ1v) is 16.6. The number of carbonyl (C=O) groups is 1. The number of piperidine rings is 1. The molecule has 2 aromatic carbocycles. The topological polar surface area (TPSA) is 119 Å². The van der Waals surface area contributed by atoms with Gasteiger partial charge in [-0.25, -0.2) is 8.42 Å². The number of aromatic nitrogens is 1. The van der Waals surface area contributed by atoms with Gasteiger partial charge in [-0.3, -0.25) is 14.3 Å². The lowest BCUT2D eigenvalue weighted by Gasteiger charge is -2.44. The van der Waals surface area contributed by atoms with Crippen molar-refractivity contribution < 1.29 is 22.7 Å². The number of rotatable bonds is 6. The second kappa shape index (κ2) is 11.3. The van der Waals surface area contributed by atoms with Crippen LogP contribution in [0.2, 0.25) is 0 Å². The Hall–Kier alpha value is -3.99. The number of nitrogens with zero attached hydrogens (tertiary/aromatic N) is 2. The summed E-state index contributed by atoms with van der Waals surface area (Å²) in [7, 11) is -4.04. The number of pyridine rings is 1. The van der Waals surface area contributed by atoms with Crippen LogP contribution in [0.5, 0.6) is 11.5 Å². The lowest BCUT2D eigenvalue weighted by molar-refractivity contribution is 0.0927. The zero-order chi connectivity index (χ0) is 29.6. The van der Waals surface area contributed by atoms with Gasteiger partial charge in [-0.05, 0) is 61.6 Å². The van der Waals surface area contributed by atoms with Gasteiger partial charge in [0.15, 0.2) is 11.5 Å². The third kappa shape index (κ3) is 5.58. The number of anilines is 2. The van der Waals surface area contributed by atoms with Gasteiger partial charge in [0.2, 0.25) is 0 Å². The van der Waals surface area contributed by atoms with Crippen LogP contribution in [-0.4, -0.2) is 51.2 Å². The fourth-order valence-electron chi connectivity index (χ4n) is 7.04. The van der Waals surface area contributed by atoms with Gasteiger partial charge in [0.25, 0.3) is 21.5 Å². The van der Waals surface area contributed by atoms with Gasteiger partial charge in [-0.15, -0.1) is 0 Å². The average molecular weight is 605 g/mol. The maximum Gasteiger partial charge on any atom is 0.262 e. The van der Waals surface area contributed by atoms with Gasteiger partial charge in [-0.1, -0.05) is 25.3 Å². The van der Waals surface area contributed by atoms with Crippen molar-refractivity contribution >= 4 is 27.3 Å². The zero-order valence-electron chi connectivity index (χ0n) is 24.0. The number of benzene rings is 2. The first-order chi connectivity index (χ1) is 20.8. The Kier molecular flexibility index (Phi) is 7.28. The van der Waals surface area contributed by atoms with Crippen LogP contribution in [-0.2, 0) is 16.6 Å². The summed E-state index contributed by atoms with van der Waals surface area (Å²) in [6.07, 6.45) is 6.25. The number of fused-ring (bicyclic) bond motifs is 5. The zero-order valence-corrected chi connectivity index (χ0v) is 24.8. The number of hydrogen-bond acceptors (Lipinski definition) is 7. The minimum Gasteiger partial charge on any atom is -0.486 e. The van der Waals surface area contributed by atoms with Crippen molar-refractivity contribution in [3.8, 4) is 11.5 Å². The SMILES string of the molecule is O=C(NC1CCCCC1)c1ccc(N2C[C@H]3C[C@@H](C2)c2cccc(=O)n2C3)c(NS(=O)(=O)c2ccc3c(c2)OCCO3)c1. The highest BCUT2D eigenvalue weighted by Crippen LogP contribution is 2.40. The smallest absolute Gasteiger partial charge is 0.262 e. The normalized spacial score (nSPS) is 21.5. The molecule has 7 rings (SSSR count). The van der Waals surface area contributed by atoms with Crippen LogP contribution in [0.1, 0.15) is 60.5 Å². The molecule has 4 aliphatic rings. The highest BCUT2D eigenvalue weighted by Gasteiger charge is 2.36. The molecule has 1 aliphatic carbocycles. The van der Waals surface area contributed by atoms with Gasteiger partial charge in [-0.2, -0.15) is 0 Å². The van der Waals surface area contributed by atoms with Crippen LogP contribution in [0.15, 0.2) is 64.3 Å². The second-order valence-electron chi connectivity index (χ2n) is 12.1. The maximum atomic E-state index is 13.8. The van der Waals surface area contributed by atoms with Crippen molar-refractivity contribution in [2.45, 2.75) is 61.9 Å². The van der Waals surface area contributed by atoms with E-state index in [0.29, 0.717) is 61.3 Å². The van der Waals surface area contributed by atoms with E-state index in [1.54, 1.807) is 30.3 Å². The molecular formula is C32H36N4O6S. The van der Waals surface area contributed by atoms with E-state index >= 15 is 0 Å². The standard InChI is InChI=1S/C32H36N4O6S/c37-31-8-4-7-27-23-15-21(19-36(27)31)18-35(20-23)28-11-9-22(32(38)33-24-5-2-1-3-6-24)16-26(28)34-43(39,40)25-10-12-29-30(17-25)42-14-13-41-29/h4,7-12,16-17,21,23-24,34H,1-3,5-6,13-15,18-20H2,(H,33,38)/t21-,23+/m1/s1. The molecule has 2 N–H and O–H groups in total. The highest BCUT2D eigenvalue weighted by molar-refractivity contribution is 7.92. The van der Waals surface area contributed by atoms with E-state index in [1.165, 1.54) is 18.6 Å². The van der Waals surface area contributed by atoms with Gasteiger partial charge >= 0.3 is 0 Å². The summed E-state index contributed by atoms with van der Waals surface area (Å²) < 4.78 is 43.4. The third-order valence-electron chi connectivity index (χ3n) is 9.09. The summed E-state index contributed by atoms with van der Waals surface area (Å²) >= 11 is 0. The third-order valence-corrected chi connectivity index (χ3v) is 10.5. The van der Waals surface area contributed by atoms with E-state index in [-0.39, 0.29) is 34.2 Å². The number of amides is 1. The van der Waals surface area contributed by atoms with E-state index in [2.05, 4.69) is 14.9 Å². The Morgan fingerprint density at radius 3 is 2.53 bits per heavy atom. The fraction of sp³-hybridized carbons (Fsp3) is 0.438. The van der Waals surface area contributed by atoms with E-state index < -0.39 is 10.0 Å². The molecule has 226 valence electrons. The second-order valence-corrected chi connectivity index (χ2v) is 13.7. The summed E-state index contributed by atoms with van der Waals surface area (Å²) in [5.74, 6) is 1.06. The van der Waals surface area contributed by atoms with Crippen molar-refractivity contribution in [2.75, 3.05) is 35.9 Å². The molecule has 2 fully saturated rings. The number of sulfonamides is 1. The Balaban J connectivity index is 1.22. The average Bonchev–Trinajstić information content (AvgIpc) is 3.01. The first kappa shape index (κ1) is 27.8. The monoisotopic (exact) mass is 604 g/mol. The van der Waals surface area contributed by atoms with Crippen molar-refractivity contribution in [1.82, 2.24) is 9.88 Å². The minimum atomic E-state index is -4.04. The molecule has 10 nitrogen and oxygen atoms in total. The molecule has 1 aromatic heterocycles. The van der Waals surface area contributed by atoms with Crippen molar-refractivity contribution in [3.05, 3.63) is 76.2 Å². The lowest BCUT2D eigenvalue weighted by Crippen LogP contribution is -2.47. The molecule has 0 spiro atoms. The van der Waals surface area contributed by atoms with Crippen LogP contribution in [0.25, 0.3) is 0 Å². The molecule has 0 radical (unpaired) electrons. The quantitative estimate of drug-likeness (QED) is 0.435. The number of carbonyl (C=O) groups excluding carboxylic acids is 1. The van der Waals surface area contributed by atoms with E-state index in [0.717, 1.165) is 37.8 Å². The molecule has 2 bridgehead atoms. The number of ether oxygens (including phenoxy) is 2. The van der Waals surface area contributed by atoms with Crippen molar-refractivity contribution in [1.29, 1.82) is 0 Å². The van der Waals surface area contributed by atoms with Crippen LogP contribution < -0.4 is 30.0 Å². The molecule has 11 heteroatoms. The summed E-state index contributed by atoms with van der Waals surface area (Å²) in [4.78, 5) is 28.1. The highest BCUT2D eigenvalue weighted by atomic mass is 32.2. The Morgan fingerprint density at radius 1 is 0.884 bits per heavy atom.